The third-order valence-corrected chi connectivity index (χ3v) is 1.82. The van der Waals surface area contributed by atoms with Gasteiger partial charge in [-0.3, -0.25) is 0 Å². The summed E-state index contributed by atoms with van der Waals surface area (Å²) in [5, 5.41) is 0. The van der Waals surface area contributed by atoms with E-state index in [1.807, 2.05) is 18.2 Å². The lowest BCUT2D eigenvalue weighted by atomic mass is 10.2. The largest absolute Gasteiger partial charge is 0.497 e. The number of hydrogen-bond acceptors (Lipinski definition) is 1. The average Bonchev–Trinajstić information content (AvgIpc) is 2.03. The second-order valence-corrected chi connectivity index (χ2v) is 3.04. The summed E-state index contributed by atoms with van der Waals surface area (Å²) in [6.45, 7) is 3.67. The van der Waals surface area contributed by atoms with Gasteiger partial charge in [0.05, 0.1) is 7.11 Å². The first-order valence-corrected chi connectivity index (χ1v) is 4.02. The van der Waals surface area contributed by atoms with Crippen molar-refractivity contribution >= 4 is 22.0 Å². The number of methoxy groups -OCH3 is 1. The van der Waals surface area contributed by atoms with E-state index < -0.39 is 0 Å². The van der Waals surface area contributed by atoms with Crippen LogP contribution in [0.15, 0.2) is 29.3 Å². The highest BCUT2D eigenvalue weighted by molar-refractivity contribution is 9.10. The van der Waals surface area contributed by atoms with Crippen LogP contribution in [0.4, 0.5) is 0 Å². The zero-order valence-electron chi connectivity index (χ0n) is 6.30. The van der Waals surface area contributed by atoms with E-state index in [0.717, 1.165) is 15.8 Å². The fraction of sp³-hybridized carbons (Fsp3) is 0.111. The molecule has 0 spiro atoms. The van der Waals surface area contributed by atoms with Gasteiger partial charge in [-0.1, -0.05) is 28.6 Å². The van der Waals surface area contributed by atoms with Crippen molar-refractivity contribution in [2.75, 3.05) is 7.11 Å². The van der Waals surface area contributed by atoms with E-state index in [2.05, 4.69) is 22.5 Å². The van der Waals surface area contributed by atoms with Crippen LogP contribution in [0.5, 0.6) is 5.75 Å². The summed E-state index contributed by atoms with van der Waals surface area (Å²) in [7, 11) is 1.65. The summed E-state index contributed by atoms with van der Waals surface area (Å²) >= 11 is 3.37. The van der Waals surface area contributed by atoms with Crippen LogP contribution in [0.25, 0.3) is 6.08 Å². The maximum atomic E-state index is 5.06. The fourth-order valence-electron chi connectivity index (χ4n) is 0.820. The van der Waals surface area contributed by atoms with Crippen LogP contribution >= 0.6 is 15.9 Å². The van der Waals surface area contributed by atoms with Crippen molar-refractivity contribution in [2.24, 2.45) is 0 Å². The molecular weight excluding hydrogens is 204 g/mol. The van der Waals surface area contributed by atoms with Crippen molar-refractivity contribution in [2.45, 2.75) is 0 Å². The summed E-state index contributed by atoms with van der Waals surface area (Å²) in [6, 6.07) is 5.82. The van der Waals surface area contributed by atoms with Gasteiger partial charge < -0.3 is 4.74 Å². The lowest BCUT2D eigenvalue weighted by molar-refractivity contribution is 0.414. The van der Waals surface area contributed by atoms with Crippen LogP contribution in [0.1, 0.15) is 5.56 Å². The van der Waals surface area contributed by atoms with E-state index in [1.165, 1.54) is 0 Å². The minimum absolute atomic E-state index is 0.842. The summed E-state index contributed by atoms with van der Waals surface area (Å²) < 4.78 is 6.07. The van der Waals surface area contributed by atoms with E-state index >= 15 is 0 Å². The van der Waals surface area contributed by atoms with E-state index in [1.54, 1.807) is 13.2 Å². The van der Waals surface area contributed by atoms with Gasteiger partial charge in [0, 0.05) is 4.47 Å². The Labute approximate surface area is 74.8 Å². The summed E-state index contributed by atoms with van der Waals surface area (Å²) in [5.41, 5.74) is 1.05. The molecule has 0 bridgehead atoms. The Bertz CT molecular complexity index is 268. The molecule has 11 heavy (non-hydrogen) atoms. The van der Waals surface area contributed by atoms with Gasteiger partial charge in [0.2, 0.25) is 0 Å². The third-order valence-electron chi connectivity index (χ3n) is 1.37. The van der Waals surface area contributed by atoms with Gasteiger partial charge in [-0.15, -0.1) is 0 Å². The van der Waals surface area contributed by atoms with Crippen LogP contribution in [-0.4, -0.2) is 7.11 Å². The molecule has 0 amide bonds. The van der Waals surface area contributed by atoms with Gasteiger partial charge in [0.1, 0.15) is 5.75 Å². The Morgan fingerprint density at radius 2 is 2.18 bits per heavy atom. The predicted octanol–water partition coefficient (Wildman–Crippen LogP) is 3.10. The zero-order chi connectivity index (χ0) is 8.27. The molecule has 0 heterocycles. The standard InChI is InChI=1S/C9H9BrO/c1-3-7-4-8(10)6-9(5-7)11-2/h3-6H,1H2,2H3. The highest BCUT2D eigenvalue weighted by Gasteiger charge is 1.94. The summed E-state index contributed by atoms with van der Waals surface area (Å²) in [5.74, 6) is 0.842. The molecule has 0 atom stereocenters. The van der Waals surface area contributed by atoms with Crippen molar-refractivity contribution in [3.05, 3.63) is 34.8 Å². The zero-order valence-corrected chi connectivity index (χ0v) is 7.89. The molecule has 0 saturated carbocycles. The molecule has 0 aliphatic rings. The summed E-state index contributed by atoms with van der Waals surface area (Å²) in [6.07, 6.45) is 1.78. The molecule has 1 nitrogen and oxygen atoms in total. The second kappa shape index (κ2) is 3.58. The number of hydrogen-bond donors (Lipinski definition) is 0. The molecule has 0 aromatic heterocycles. The highest BCUT2D eigenvalue weighted by Crippen LogP contribution is 2.21. The Balaban J connectivity index is 3.11. The first-order valence-electron chi connectivity index (χ1n) is 3.23. The van der Waals surface area contributed by atoms with Crippen molar-refractivity contribution in [3.63, 3.8) is 0 Å². The SMILES string of the molecule is C=Cc1cc(Br)cc(OC)c1. The number of ether oxygens (including phenoxy) is 1. The topological polar surface area (TPSA) is 9.23 Å². The fourth-order valence-corrected chi connectivity index (χ4v) is 1.31. The van der Waals surface area contributed by atoms with Gasteiger partial charge in [-0.25, -0.2) is 0 Å². The Kier molecular flexibility index (Phi) is 2.71. The van der Waals surface area contributed by atoms with Crippen molar-refractivity contribution in [1.29, 1.82) is 0 Å². The molecule has 1 aromatic carbocycles. The van der Waals surface area contributed by atoms with E-state index in [-0.39, 0.29) is 0 Å². The normalized spacial score (nSPS) is 9.27. The molecule has 0 unspecified atom stereocenters. The van der Waals surface area contributed by atoms with Gasteiger partial charge in [0.25, 0.3) is 0 Å². The maximum Gasteiger partial charge on any atom is 0.120 e. The van der Waals surface area contributed by atoms with E-state index in [0.29, 0.717) is 0 Å². The van der Waals surface area contributed by atoms with Crippen LogP contribution in [0.2, 0.25) is 0 Å². The average molecular weight is 213 g/mol. The number of rotatable bonds is 2. The van der Waals surface area contributed by atoms with Crippen molar-refractivity contribution in [3.8, 4) is 5.75 Å². The molecular formula is C9H9BrO. The lowest BCUT2D eigenvalue weighted by Gasteiger charge is -2.01. The molecule has 0 aliphatic heterocycles. The molecule has 1 aromatic rings. The number of halogens is 1. The third kappa shape index (κ3) is 2.09. The minimum atomic E-state index is 0.842. The first-order chi connectivity index (χ1) is 5.26. The van der Waals surface area contributed by atoms with Crippen molar-refractivity contribution in [1.82, 2.24) is 0 Å². The second-order valence-electron chi connectivity index (χ2n) is 2.13. The van der Waals surface area contributed by atoms with Crippen LogP contribution < -0.4 is 4.74 Å². The minimum Gasteiger partial charge on any atom is -0.497 e. The van der Waals surface area contributed by atoms with Gasteiger partial charge in [-0.2, -0.15) is 0 Å². The smallest absolute Gasteiger partial charge is 0.120 e. The lowest BCUT2D eigenvalue weighted by Crippen LogP contribution is -1.83. The van der Waals surface area contributed by atoms with Crippen LogP contribution in [0, 0.1) is 0 Å². The van der Waals surface area contributed by atoms with Gasteiger partial charge >= 0.3 is 0 Å². The van der Waals surface area contributed by atoms with Crippen LogP contribution in [0.3, 0.4) is 0 Å². The summed E-state index contributed by atoms with van der Waals surface area (Å²) in [4.78, 5) is 0. The quantitative estimate of drug-likeness (QED) is 0.733. The molecule has 0 N–H and O–H groups in total. The Morgan fingerprint density at radius 1 is 1.45 bits per heavy atom. The van der Waals surface area contributed by atoms with Gasteiger partial charge in [0.15, 0.2) is 0 Å². The molecule has 0 fully saturated rings. The predicted molar refractivity (Wildman–Crippen MR) is 50.8 cm³/mol. The molecule has 0 saturated heterocycles. The molecule has 58 valence electrons. The Morgan fingerprint density at radius 3 is 2.73 bits per heavy atom. The molecule has 0 radical (unpaired) electrons. The molecule has 1 rings (SSSR count). The highest BCUT2D eigenvalue weighted by atomic mass is 79.9. The molecule has 2 heteroatoms. The van der Waals surface area contributed by atoms with Gasteiger partial charge in [-0.05, 0) is 23.8 Å². The Hall–Kier alpha value is -0.760. The number of benzene rings is 1. The monoisotopic (exact) mass is 212 g/mol. The van der Waals surface area contributed by atoms with E-state index in [4.69, 9.17) is 4.74 Å². The maximum absolute atomic E-state index is 5.06. The van der Waals surface area contributed by atoms with Crippen LogP contribution in [-0.2, 0) is 0 Å². The van der Waals surface area contributed by atoms with Crippen molar-refractivity contribution < 1.29 is 4.74 Å². The van der Waals surface area contributed by atoms with E-state index in [9.17, 15) is 0 Å². The first kappa shape index (κ1) is 8.34. The molecule has 0 aliphatic carbocycles.